The average molecular weight is 566 g/mol. The fourth-order valence-corrected chi connectivity index (χ4v) is 3.70. The molecule has 2 aromatic rings. The summed E-state index contributed by atoms with van der Waals surface area (Å²) in [4.78, 5) is 21.0. The lowest BCUT2D eigenvalue weighted by molar-refractivity contribution is -0.130. The summed E-state index contributed by atoms with van der Waals surface area (Å²) in [6, 6.07) is 20.6. The molecule has 1 aliphatic rings. The maximum absolute atomic E-state index is 12.6. The molecule has 7 nitrogen and oxygen atoms in total. The molecule has 1 saturated heterocycles. The van der Waals surface area contributed by atoms with E-state index in [9.17, 15) is 4.79 Å². The van der Waals surface area contributed by atoms with E-state index in [2.05, 4.69) is 51.7 Å². The number of nitrogens with zero attached hydrogens (tertiary/aromatic N) is 3. The standard InChI is InChI=1S/C25H35N5O2.HI/c1-21(22-10-5-3-6-11-22)32-19-9-14-27-25(26-2)28-20-24(31)30-17-15-29(16-18-30)23-12-7-4-8-13-23;/h3-8,10-13,21H,9,14-20H2,1-2H3,(H2,26,27,28);1H. The normalized spacial score (nSPS) is 14.9. The summed E-state index contributed by atoms with van der Waals surface area (Å²) in [7, 11) is 1.71. The predicted octanol–water partition coefficient (Wildman–Crippen LogP) is 3.29. The minimum absolute atomic E-state index is 0. The summed E-state index contributed by atoms with van der Waals surface area (Å²) >= 11 is 0. The molecule has 1 atom stereocenters. The number of aliphatic imine (C=N–C) groups is 1. The largest absolute Gasteiger partial charge is 0.374 e. The number of halogens is 1. The number of anilines is 1. The van der Waals surface area contributed by atoms with Gasteiger partial charge in [-0.05, 0) is 31.0 Å². The first-order valence-electron chi connectivity index (χ1n) is 11.4. The fourth-order valence-electron chi connectivity index (χ4n) is 3.70. The fraction of sp³-hybridized carbons (Fsp3) is 0.440. The Morgan fingerprint density at radius 1 is 1.00 bits per heavy atom. The molecule has 1 aliphatic heterocycles. The Bertz CT molecular complexity index is 842. The van der Waals surface area contributed by atoms with E-state index in [1.165, 1.54) is 11.3 Å². The van der Waals surface area contributed by atoms with Crippen LogP contribution >= 0.6 is 24.0 Å². The smallest absolute Gasteiger partial charge is 0.242 e. The highest BCUT2D eigenvalue weighted by atomic mass is 127. The molecule has 1 heterocycles. The van der Waals surface area contributed by atoms with Crippen LogP contribution in [0.5, 0.6) is 0 Å². The average Bonchev–Trinajstić information content (AvgIpc) is 2.86. The van der Waals surface area contributed by atoms with Gasteiger partial charge in [0.25, 0.3) is 0 Å². The summed E-state index contributed by atoms with van der Waals surface area (Å²) in [5.74, 6) is 0.734. The van der Waals surface area contributed by atoms with Crippen molar-refractivity contribution in [3.63, 3.8) is 0 Å². The van der Waals surface area contributed by atoms with E-state index in [0.29, 0.717) is 12.6 Å². The van der Waals surface area contributed by atoms with Crippen LogP contribution in [-0.4, -0.2) is 69.7 Å². The van der Waals surface area contributed by atoms with E-state index < -0.39 is 0 Å². The van der Waals surface area contributed by atoms with Gasteiger partial charge in [0.15, 0.2) is 5.96 Å². The highest BCUT2D eigenvalue weighted by molar-refractivity contribution is 14.0. The SMILES string of the molecule is CN=C(NCCCOC(C)c1ccccc1)NCC(=O)N1CCN(c2ccccc2)CC1.I. The lowest BCUT2D eigenvalue weighted by Crippen LogP contribution is -2.52. The van der Waals surface area contributed by atoms with E-state index in [-0.39, 0.29) is 42.5 Å². The summed E-state index contributed by atoms with van der Waals surface area (Å²) in [5, 5.41) is 6.38. The Balaban J connectivity index is 0.00000385. The molecule has 0 aliphatic carbocycles. The van der Waals surface area contributed by atoms with Crippen LogP contribution < -0.4 is 15.5 Å². The second-order valence-corrected chi connectivity index (χ2v) is 7.83. The molecular weight excluding hydrogens is 529 g/mol. The quantitative estimate of drug-likeness (QED) is 0.212. The van der Waals surface area contributed by atoms with Gasteiger partial charge in [0.1, 0.15) is 0 Å². The lowest BCUT2D eigenvalue weighted by atomic mass is 10.1. The van der Waals surface area contributed by atoms with E-state index in [1.54, 1.807) is 7.05 Å². The van der Waals surface area contributed by atoms with Crippen LogP contribution in [0.15, 0.2) is 65.7 Å². The highest BCUT2D eigenvalue weighted by Crippen LogP contribution is 2.16. The number of para-hydroxylation sites is 1. The molecule has 2 aromatic carbocycles. The van der Waals surface area contributed by atoms with Crippen LogP contribution in [0.25, 0.3) is 0 Å². The Morgan fingerprint density at radius 3 is 2.27 bits per heavy atom. The van der Waals surface area contributed by atoms with E-state index in [4.69, 9.17) is 4.74 Å². The van der Waals surface area contributed by atoms with Gasteiger partial charge in [-0.3, -0.25) is 9.79 Å². The number of carbonyl (C=O) groups is 1. The minimum Gasteiger partial charge on any atom is -0.374 e. The summed E-state index contributed by atoms with van der Waals surface area (Å²) in [6.07, 6.45) is 0.932. The number of hydrogen-bond donors (Lipinski definition) is 2. The molecule has 180 valence electrons. The van der Waals surface area contributed by atoms with Crippen LogP contribution in [0.1, 0.15) is 25.0 Å². The molecule has 8 heteroatoms. The van der Waals surface area contributed by atoms with Crippen LogP contribution in [0.4, 0.5) is 5.69 Å². The van der Waals surface area contributed by atoms with E-state index >= 15 is 0 Å². The van der Waals surface area contributed by atoms with Gasteiger partial charge in [-0.1, -0.05) is 48.5 Å². The number of rotatable bonds is 9. The van der Waals surface area contributed by atoms with Gasteiger partial charge >= 0.3 is 0 Å². The molecule has 33 heavy (non-hydrogen) atoms. The van der Waals surface area contributed by atoms with E-state index in [0.717, 1.165) is 39.1 Å². The number of carbonyl (C=O) groups excluding carboxylic acids is 1. The van der Waals surface area contributed by atoms with Gasteiger partial charge in [-0.15, -0.1) is 24.0 Å². The number of guanidine groups is 1. The van der Waals surface area contributed by atoms with Crippen LogP contribution in [0.3, 0.4) is 0 Å². The van der Waals surface area contributed by atoms with Crippen molar-refractivity contribution < 1.29 is 9.53 Å². The number of benzene rings is 2. The summed E-state index contributed by atoms with van der Waals surface area (Å²) in [6.45, 7) is 6.86. The van der Waals surface area contributed by atoms with Gasteiger partial charge in [0.05, 0.1) is 12.6 Å². The monoisotopic (exact) mass is 565 g/mol. The van der Waals surface area contributed by atoms with Crippen LogP contribution in [0.2, 0.25) is 0 Å². The highest BCUT2D eigenvalue weighted by Gasteiger charge is 2.21. The number of nitrogens with one attached hydrogen (secondary N) is 2. The second-order valence-electron chi connectivity index (χ2n) is 7.83. The van der Waals surface area contributed by atoms with Crippen molar-refractivity contribution in [2.45, 2.75) is 19.4 Å². The third kappa shape index (κ3) is 8.85. The molecular formula is C25H36IN5O2. The molecule has 3 rings (SSSR count). The number of amides is 1. The lowest BCUT2D eigenvalue weighted by Gasteiger charge is -2.36. The van der Waals surface area contributed by atoms with Gasteiger partial charge < -0.3 is 25.2 Å². The third-order valence-electron chi connectivity index (χ3n) is 5.63. The third-order valence-corrected chi connectivity index (χ3v) is 5.63. The minimum atomic E-state index is 0. The zero-order valence-electron chi connectivity index (χ0n) is 19.6. The summed E-state index contributed by atoms with van der Waals surface area (Å²) < 4.78 is 5.90. The molecule has 0 spiro atoms. The number of piperazine rings is 1. The maximum atomic E-state index is 12.6. The van der Waals surface area contributed by atoms with Crippen molar-refractivity contribution in [3.8, 4) is 0 Å². The molecule has 0 saturated carbocycles. The van der Waals surface area contributed by atoms with Gasteiger partial charge in [0.2, 0.25) is 5.91 Å². The Labute approximate surface area is 214 Å². The molecule has 0 bridgehead atoms. The first kappa shape index (κ1) is 26.9. The predicted molar refractivity (Wildman–Crippen MR) is 145 cm³/mol. The molecule has 0 aromatic heterocycles. The number of ether oxygens (including phenoxy) is 1. The van der Waals surface area contributed by atoms with Crippen molar-refractivity contribution in [3.05, 3.63) is 66.2 Å². The van der Waals surface area contributed by atoms with E-state index in [1.807, 2.05) is 41.3 Å². The topological polar surface area (TPSA) is 69.2 Å². The van der Waals surface area contributed by atoms with Crippen molar-refractivity contribution in [2.75, 3.05) is 57.8 Å². The zero-order valence-corrected chi connectivity index (χ0v) is 21.9. The molecule has 1 fully saturated rings. The van der Waals surface area contributed by atoms with Crippen molar-refractivity contribution in [1.82, 2.24) is 15.5 Å². The van der Waals surface area contributed by atoms with Gasteiger partial charge in [-0.25, -0.2) is 0 Å². The van der Waals surface area contributed by atoms with Crippen LogP contribution in [0, 0.1) is 0 Å². The zero-order chi connectivity index (χ0) is 22.6. The van der Waals surface area contributed by atoms with Gasteiger partial charge in [0, 0.05) is 52.1 Å². The van der Waals surface area contributed by atoms with Crippen LogP contribution in [-0.2, 0) is 9.53 Å². The number of hydrogen-bond acceptors (Lipinski definition) is 4. The molecule has 0 radical (unpaired) electrons. The van der Waals surface area contributed by atoms with Crippen molar-refractivity contribution in [1.29, 1.82) is 0 Å². The first-order valence-corrected chi connectivity index (χ1v) is 11.4. The summed E-state index contributed by atoms with van der Waals surface area (Å²) in [5.41, 5.74) is 2.39. The van der Waals surface area contributed by atoms with Crippen molar-refractivity contribution in [2.24, 2.45) is 4.99 Å². The van der Waals surface area contributed by atoms with Gasteiger partial charge in [-0.2, -0.15) is 0 Å². The molecule has 1 unspecified atom stereocenters. The second kappa shape index (κ2) is 14.7. The Morgan fingerprint density at radius 2 is 1.64 bits per heavy atom. The molecule has 1 amide bonds. The Hall–Kier alpha value is -2.33. The Kier molecular flexibility index (Phi) is 12.0. The van der Waals surface area contributed by atoms with Crippen molar-refractivity contribution >= 4 is 41.5 Å². The first-order chi connectivity index (χ1) is 15.7. The maximum Gasteiger partial charge on any atom is 0.242 e. The molecule has 2 N–H and O–H groups in total.